The van der Waals surface area contributed by atoms with E-state index in [1.54, 1.807) is 0 Å². The Kier molecular flexibility index (Phi) is 4.40. The smallest absolute Gasteiger partial charge is 0.141 e. The van der Waals surface area contributed by atoms with Gasteiger partial charge in [-0.05, 0) is 33.0 Å². The number of halogens is 2. The molecule has 0 amide bonds. The van der Waals surface area contributed by atoms with Gasteiger partial charge in [-0.3, -0.25) is 0 Å². The Hall–Kier alpha value is -0.870. The van der Waals surface area contributed by atoms with Gasteiger partial charge in [0.05, 0.1) is 12.1 Å². The zero-order valence-corrected chi connectivity index (χ0v) is 11.6. The van der Waals surface area contributed by atoms with E-state index in [9.17, 15) is 4.39 Å². The predicted molar refractivity (Wildman–Crippen MR) is 72.7 cm³/mol. The van der Waals surface area contributed by atoms with Crippen molar-refractivity contribution in [2.45, 2.75) is 24.8 Å². The molecule has 3 nitrogen and oxygen atoms in total. The fourth-order valence-corrected chi connectivity index (χ4v) is 2.62. The first kappa shape index (κ1) is 13.6. The van der Waals surface area contributed by atoms with Gasteiger partial charge in [0, 0.05) is 24.7 Å². The fourth-order valence-electron chi connectivity index (χ4n) is 2.43. The van der Waals surface area contributed by atoms with Crippen molar-refractivity contribution >= 4 is 17.4 Å². The number of hydrogen-bond acceptors (Lipinski definition) is 3. The summed E-state index contributed by atoms with van der Waals surface area (Å²) >= 11 is 5.88. The number of rotatable bonds is 3. The Morgan fingerprint density at radius 3 is 3.00 bits per heavy atom. The largest absolute Gasteiger partial charge is 0.355 e. The number of likely N-dealkylation sites (N-methyl/N-ethyl adjacent to an activating group) is 1. The van der Waals surface area contributed by atoms with Crippen LogP contribution >= 0.6 is 11.6 Å². The van der Waals surface area contributed by atoms with Crippen molar-refractivity contribution in [1.82, 2.24) is 9.88 Å². The van der Waals surface area contributed by atoms with Crippen LogP contribution < -0.4 is 4.90 Å². The maximum absolute atomic E-state index is 13.2. The summed E-state index contributed by atoms with van der Waals surface area (Å²) in [5, 5.41) is 0. The molecule has 1 atom stereocenters. The summed E-state index contributed by atoms with van der Waals surface area (Å²) in [6.07, 6.45) is 3.59. The molecule has 18 heavy (non-hydrogen) atoms. The van der Waals surface area contributed by atoms with Crippen LogP contribution in [0.5, 0.6) is 0 Å². The standard InChI is InChI=1S/C13H19ClFN3/c1-17(2)12-4-3-5-18(9-12)13-10(7-14)6-11(15)8-16-13/h6,8,12H,3-5,7,9H2,1-2H3. The van der Waals surface area contributed by atoms with Crippen molar-refractivity contribution in [3.63, 3.8) is 0 Å². The number of aromatic nitrogens is 1. The van der Waals surface area contributed by atoms with Crippen molar-refractivity contribution in [3.8, 4) is 0 Å². The second-order valence-electron chi connectivity index (χ2n) is 4.98. The summed E-state index contributed by atoms with van der Waals surface area (Å²) in [7, 11) is 4.18. The van der Waals surface area contributed by atoms with Gasteiger partial charge in [0.2, 0.25) is 0 Å². The zero-order valence-electron chi connectivity index (χ0n) is 10.9. The SMILES string of the molecule is CN(C)C1CCCN(c2ncc(F)cc2CCl)C1. The van der Waals surface area contributed by atoms with Gasteiger partial charge >= 0.3 is 0 Å². The lowest BCUT2D eigenvalue weighted by molar-refractivity contribution is 0.257. The molecule has 1 aromatic rings. The van der Waals surface area contributed by atoms with Crippen molar-refractivity contribution in [1.29, 1.82) is 0 Å². The van der Waals surface area contributed by atoms with Crippen molar-refractivity contribution < 1.29 is 4.39 Å². The van der Waals surface area contributed by atoms with Gasteiger partial charge in [0.1, 0.15) is 11.6 Å². The zero-order chi connectivity index (χ0) is 13.1. The molecule has 1 aliphatic rings. The van der Waals surface area contributed by atoms with Crippen molar-refractivity contribution in [3.05, 3.63) is 23.6 Å². The van der Waals surface area contributed by atoms with Gasteiger partial charge in [-0.15, -0.1) is 11.6 Å². The highest BCUT2D eigenvalue weighted by Gasteiger charge is 2.23. The molecule has 0 bridgehead atoms. The Morgan fingerprint density at radius 2 is 2.33 bits per heavy atom. The molecule has 1 unspecified atom stereocenters. The third-order valence-electron chi connectivity index (χ3n) is 3.48. The number of anilines is 1. The highest BCUT2D eigenvalue weighted by Crippen LogP contribution is 2.24. The molecule has 2 rings (SSSR count). The topological polar surface area (TPSA) is 19.4 Å². The van der Waals surface area contributed by atoms with Gasteiger partial charge in [0.15, 0.2) is 0 Å². The van der Waals surface area contributed by atoms with E-state index in [2.05, 4.69) is 28.9 Å². The van der Waals surface area contributed by atoms with E-state index in [1.807, 2.05) is 0 Å². The van der Waals surface area contributed by atoms with E-state index >= 15 is 0 Å². The van der Waals surface area contributed by atoms with E-state index in [0.717, 1.165) is 30.9 Å². The summed E-state index contributed by atoms with van der Waals surface area (Å²) in [6.45, 7) is 1.89. The highest BCUT2D eigenvalue weighted by atomic mass is 35.5. The molecular weight excluding hydrogens is 253 g/mol. The molecule has 1 aromatic heterocycles. The van der Waals surface area contributed by atoms with Crippen LogP contribution in [0.15, 0.2) is 12.3 Å². The second-order valence-corrected chi connectivity index (χ2v) is 5.24. The number of nitrogens with zero attached hydrogens (tertiary/aromatic N) is 3. The van der Waals surface area contributed by atoms with Crippen LogP contribution in [0.3, 0.4) is 0 Å². The number of alkyl halides is 1. The number of hydrogen-bond donors (Lipinski definition) is 0. The van der Waals surface area contributed by atoms with E-state index in [0.29, 0.717) is 11.9 Å². The first-order chi connectivity index (χ1) is 8.61. The lowest BCUT2D eigenvalue weighted by Crippen LogP contribution is -2.45. The van der Waals surface area contributed by atoms with Gasteiger partial charge in [-0.25, -0.2) is 9.37 Å². The first-order valence-corrected chi connectivity index (χ1v) is 6.77. The minimum Gasteiger partial charge on any atom is -0.355 e. The first-order valence-electron chi connectivity index (χ1n) is 6.23. The second kappa shape index (κ2) is 5.85. The van der Waals surface area contributed by atoms with Crippen LogP contribution in [-0.4, -0.2) is 43.1 Å². The minimum atomic E-state index is -0.324. The summed E-state index contributed by atoms with van der Waals surface area (Å²) < 4.78 is 13.2. The fraction of sp³-hybridized carbons (Fsp3) is 0.615. The summed E-state index contributed by atoms with van der Waals surface area (Å²) in [4.78, 5) is 8.66. The normalized spacial score (nSPS) is 20.5. The molecule has 0 N–H and O–H groups in total. The lowest BCUT2D eigenvalue weighted by Gasteiger charge is -2.37. The van der Waals surface area contributed by atoms with Crippen LogP contribution in [0.1, 0.15) is 18.4 Å². The predicted octanol–water partition coefficient (Wildman–Crippen LogP) is 2.49. The minimum absolute atomic E-state index is 0.295. The molecule has 0 aromatic carbocycles. The average molecular weight is 272 g/mol. The average Bonchev–Trinajstić information content (AvgIpc) is 2.38. The molecule has 0 spiro atoms. The lowest BCUT2D eigenvalue weighted by atomic mass is 10.0. The molecule has 1 fully saturated rings. The number of pyridine rings is 1. The Morgan fingerprint density at radius 1 is 1.56 bits per heavy atom. The maximum Gasteiger partial charge on any atom is 0.141 e. The van der Waals surface area contributed by atoms with Crippen LogP contribution in [-0.2, 0) is 5.88 Å². The molecule has 0 radical (unpaired) electrons. The van der Waals surface area contributed by atoms with Crippen LogP contribution in [0, 0.1) is 5.82 Å². The number of piperidine rings is 1. The van der Waals surface area contributed by atoms with E-state index < -0.39 is 0 Å². The monoisotopic (exact) mass is 271 g/mol. The van der Waals surface area contributed by atoms with E-state index in [1.165, 1.54) is 18.7 Å². The van der Waals surface area contributed by atoms with Gasteiger partial charge in [-0.1, -0.05) is 0 Å². The van der Waals surface area contributed by atoms with Crippen LogP contribution in [0.4, 0.5) is 10.2 Å². The van der Waals surface area contributed by atoms with Gasteiger partial charge < -0.3 is 9.80 Å². The Labute approximate surface area is 113 Å². The Balaban J connectivity index is 2.20. The van der Waals surface area contributed by atoms with E-state index in [-0.39, 0.29) is 5.82 Å². The van der Waals surface area contributed by atoms with Gasteiger partial charge in [-0.2, -0.15) is 0 Å². The molecule has 0 saturated carbocycles. The maximum atomic E-state index is 13.2. The summed E-state index contributed by atoms with van der Waals surface area (Å²) in [5.74, 6) is 0.803. The molecule has 5 heteroatoms. The molecule has 100 valence electrons. The summed E-state index contributed by atoms with van der Waals surface area (Å²) in [6, 6.07) is 2.00. The van der Waals surface area contributed by atoms with Crippen molar-refractivity contribution in [2.24, 2.45) is 0 Å². The molecule has 2 heterocycles. The third-order valence-corrected chi connectivity index (χ3v) is 3.77. The Bertz CT molecular complexity index is 411. The van der Waals surface area contributed by atoms with Gasteiger partial charge in [0.25, 0.3) is 0 Å². The highest BCUT2D eigenvalue weighted by molar-refractivity contribution is 6.17. The van der Waals surface area contributed by atoms with E-state index in [4.69, 9.17) is 11.6 Å². The molecule has 1 aliphatic heterocycles. The summed E-state index contributed by atoms with van der Waals surface area (Å²) in [5.41, 5.74) is 0.774. The molecule has 0 aliphatic carbocycles. The van der Waals surface area contributed by atoms with Crippen LogP contribution in [0.2, 0.25) is 0 Å². The van der Waals surface area contributed by atoms with Crippen molar-refractivity contribution in [2.75, 3.05) is 32.1 Å². The third kappa shape index (κ3) is 2.93. The molecule has 1 saturated heterocycles. The molecular formula is C13H19ClFN3. The van der Waals surface area contributed by atoms with Crippen LogP contribution in [0.25, 0.3) is 0 Å². The quantitative estimate of drug-likeness (QED) is 0.788.